The number of amides is 1. The second-order valence-electron chi connectivity index (χ2n) is 3.91. The molecule has 0 saturated carbocycles. The highest BCUT2D eigenvalue weighted by Gasteiger charge is 2.30. The third-order valence-electron chi connectivity index (χ3n) is 2.61. The molecule has 1 saturated heterocycles. The molecule has 1 aliphatic rings. The Balaban J connectivity index is 2.48. The minimum absolute atomic E-state index is 0.0285. The van der Waals surface area contributed by atoms with Gasteiger partial charge in [0.2, 0.25) is 5.91 Å². The smallest absolute Gasteiger partial charge is 0.234 e. The van der Waals surface area contributed by atoms with Crippen molar-refractivity contribution >= 4 is 34.8 Å². The van der Waals surface area contributed by atoms with Gasteiger partial charge in [0.1, 0.15) is 0 Å². The molecule has 4 nitrogen and oxygen atoms in total. The number of nitrogens with zero attached hydrogens (tertiary/aromatic N) is 1. The highest BCUT2D eigenvalue weighted by atomic mass is 35.5. The average molecular weight is 252 g/mol. The second-order valence-corrected chi connectivity index (χ2v) is 4.35. The van der Waals surface area contributed by atoms with Gasteiger partial charge in [-0.3, -0.25) is 14.4 Å². The molecule has 0 N–H and O–H groups in total. The van der Waals surface area contributed by atoms with E-state index < -0.39 is 0 Å². The Bertz CT molecular complexity index is 524. The summed E-state index contributed by atoms with van der Waals surface area (Å²) in [5.41, 5.74) is 0.818. The van der Waals surface area contributed by atoms with Crippen molar-refractivity contribution in [2.24, 2.45) is 0 Å². The van der Waals surface area contributed by atoms with Crippen LogP contribution in [-0.2, 0) is 9.59 Å². The summed E-state index contributed by atoms with van der Waals surface area (Å²) in [5, 5.41) is 0.428. The number of Topliss-reactive ketones (excluding diaryl/α,β-unsaturated/α-hetero) is 2. The van der Waals surface area contributed by atoms with Gasteiger partial charge in [0, 0.05) is 10.6 Å². The van der Waals surface area contributed by atoms with Crippen molar-refractivity contribution in [3.05, 3.63) is 28.8 Å². The summed E-state index contributed by atoms with van der Waals surface area (Å²) in [7, 11) is 0. The maximum atomic E-state index is 11.6. The molecule has 0 unspecified atom stereocenters. The van der Waals surface area contributed by atoms with E-state index in [4.69, 9.17) is 11.6 Å². The van der Waals surface area contributed by atoms with E-state index in [0.29, 0.717) is 16.3 Å². The molecule has 88 valence electrons. The lowest BCUT2D eigenvalue weighted by atomic mass is 10.1. The van der Waals surface area contributed by atoms with Crippen LogP contribution in [0.15, 0.2) is 18.2 Å². The Hall–Kier alpha value is -1.68. The predicted octanol–water partition coefficient (Wildman–Crippen LogP) is 1.85. The number of carbonyl (C=O) groups is 3. The lowest BCUT2D eigenvalue weighted by Gasteiger charge is -2.17. The van der Waals surface area contributed by atoms with Crippen molar-refractivity contribution in [1.82, 2.24) is 0 Å². The van der Waals surface area contributed by atoms with E-state index in [1.807, 2.05) is 0 Å². The monoisotopic (exact) mass is 251 g/mol. The first-order valence-corrected chi connectivity index (χ1v) is 5.49. The molecule has 5 heteroatoms. The van der Waals surface area contributed by atoms with Crippen LogP contribution in [0.2, 0.25) is 5.02 Å². The summed E-state index contributed by atoms with van der Waals surface area (Å²) in [6.07, 6.45) is -0.0973. The van der Waals surface area contributed by atoms with Gasteiger partial charge in [-0.1, -0.05) is 11.6 Å². The Kier molecular flexibility index (Phi) is 2.98. The van der Waals surface area contributed by atoms with Gasteiger partial charge in [0.05, 0.1) is 18.7 Å². The molecule has 0 bridgehead atoms. The SMILES string of the molecule is CC(=O)c1cc(Cl)ccc1N1CC(=O)CC1=O. The molecule has 1 heterocycles. The Morgan fingerprint density at radius 2 is 2.06 bits per heavy atom. The van der Waals surface area contributed by atoms with Gasteiger partial charge in [-0.15, -0.1) is 0 Å². The highest BCUT2D eigenvalue weighted by Crippen LogP contribution is 2.27. The van der Waals surface area contributed by atoms with Crippen LogP contribution < -0.4 is 4.90 Å². The number of ketones is 2. The number of benzene rings is 1. The fourth-order valence-corrected chi connectivity index (χ4v) is 2.00. The first-order valence-electron chi connectivity index (χ1n) is 5.11. The predicted molar refractivity (Wildman–Crippen MR) is 63.4 cm³/mol. The molecule has 1 amide bonds. The van der Waals surface area contributed by atoms with Crippen LogP contribution in [0.5, 0.6) is 0 Å². The van der Waals surface area contributed by atoms with Gasteiger partial charge >= 0.3 is 0 Å². The molecule has 0 spiro atoms. The maximum absolute atomic E-state index is 11.6. The minimum Gasteiger partial charge on any atom is -0.304 e. The summed E-state index contributed by atoms with van der Waals surface area (Å²) in [4.78, 5) is 35.6. The zero-order valence-corrected chi connectivity index (χ0v) is 9.95. The fourth-order valence-electron chi connectivity index (χ4n) is 1.83. The van der Waals surface area contributed by atoms with Crippen molar-refractivity contribution < 1.29 is 14.4 Å². The standard InChI is InChI=1S/C12H10ClNO3/c1-7(15)10-4-8(13)2-3-11(10)14-6-9(16)5-12(14)17/h2-4H,5-6H2,1H3. The molecule has 0 radical (unpaired) electrons. The van der Waals surface area contributed by atoms with Crippen LogP contribution in [0.25, 0.3) is 0 Å². The summed E-state index contributed by atoms with van der Waals surface area (Å²) < 4.78 is 0. The lowest BCUT2D eigenvalue weighted by molar-refractivity contribution is -0.121. The number of hydrogen-bond acceptors (Lipinski definition) is 3. The van der Waals surface area contributed by atoms with Gasteiger partial charge in [-0.05, 0) is 25.1 Å². The largest absolute Gasteiger partial charge is 0.304 e. The Morgan fingerprint density at radius 1 is 1.35 bits per heavy atom. The van der Waals surface area contributed by atoms with Crippen LogP contribution in [0.3, 0.4) is 0 Å². The third-order valence-corrected chi connectivity index (χ3v) is 2.85. The molecule has 1 aromatic carbocycles. The number of halogens is 1. The number of carbonyl (C=O) groups excluding carboxylic acids is 3. The van der Waals surface area contributed by atoms with E-state index in [1.165, 1.54) is 17.9 Å². The van der Waals surface area contributed by atoms with Crippen LogP contribution in [-0.4, -0.2) is 24.0 Å². The molecule has 0 aromatic heterocycles. The number of anilines is 1. The van der Waals surface area contributed by atoms with E-state index in [2.05, 4.69) is 0 Å². The zero-order chi connectivity index (χ0) is 12.6. The quantitative estimate of drug-likeness (QED) is 0.595. The summed E-state index contributed by atoms with van der Waals surface area (Å²) in [6, 6.07) is 4.70. The zero-order valence-electron chi connectivity index (χ0n) is 9.20. The van der Waals surface area contributed by atoms with E-state index in [-0.39, 0.29) is 30.4 Å². The summed E-state index contributed by atoms with van der Waals surface area (Å²) in [5.74, 6) is -0.603. The van der Waals surface area contributed by atoms with Crippen LogP contribution in [0.1, 0.15) is 23.7 Å². The summed E-state index contributed by atoms with van der Waals surface area (Å²) >= 11 is 5.81. The molecule has 1 aromatic rings. The van der Waals surface area contributed by atoms with Crippen LogP contribution in [0.4, 0.5) is 5.69 Å². The van der Waals surface area contributed by atoms with Crippen LogP contribution >= 0.6 is 11.6 Å². The van der Waals surface area contributed by atoms with Gasteiger partial charge in [-0.25, -0.2) is 0 Å². The van der Waals surface area contributed by atoms with Crippen molar-refractivity contribution in [2.45, 2.75) is 13.3 Å². The van der Waals surface area contributed by atoms with Crippen molar-refractivity contribution in [1.29, 1.82) is 0 Å². The highest BCUT2D eigenvalue weighted by molar-refractivity contribution is 6.31. The van der Waals surface area contributed by atoms with Gasteiger partial charge in [0.25, 0.3) is 0 Å². The molecule has 17 heavy (non-hydrogen) atoms. The molecule has 1 fully saturated rings. The van der Waals surface area contributed by atoms with Gasteiger partial charge in [0.15, 0.2) is 11.6 Å². The first kappa shape index (κ1) is 11.8. The molecule has 2 rings (SSSR count). The molecular weight excluding hydrogens is 242 g/mol. The van der Waals surface area contributed by atoms with Crippen molar-refractivity contribution in [3.8, 4) is 0 Å². The number of hydrogen-bond donors (Lipinski definition) is 0. The lowest BCUT2D eigenvalue weighted by Crippen LogP contribution is -2.26. The van der Waals surface area contributed by atoms with E-state index in [9.17, 15) is 14.4 Å². The third kappa shape index (κ3) is 2.22. The Morgan fingerprint density at radius 3 is 2.59 bits per heavy atom. The fraction of sp³-hybridized carbons (Fsp3) is 0.250. The topological polar surface area (TPSA) is 54.5 Å². The minimum atomic E-state index is -0.278. The molecule has 1 aliphatic heterocycles. The van der Waals surface area contributed by atoms with Gasteiger partial charge in [-0.2, -0.15) is 0 Å². The van der Waals surface area contributed by atoms with Crippen molar-refractivity contribution in [3.63, 3.8) is 0 Å². The maximum Gasteiger partial charge on any atom is 0.234 e. The van der Waals surface area contributed by atoms with E-state index in [1.54, 1.807) is 12.1 Å². The first-order chi connectivity index (χ1) is 7.99. The second kappa shape index (κ2) is 4.30. The summed E-state index contributed by atoms with van der Waals surface area (Å²) in [6.45, 7) is 1.43. The average Bonchev–Trinajstić information content (AvgIpc) is 2.57. The number of rotatable bonds is 2. The van der Waals surface area contributed by atoms with E-state index >= 15 is 0 Å². The molecule has 0 aliphatic carbocycles. The van der Waals surface area contributed by atoms with Gasteiger partial charge < -0.3 is 4.90 Å². The van der Waals surface area contributed by atoms with Crippen molar-refractivity contribution in [2.75, 3.05) is 11.4 Å². The van der Waals surface area contributed by atoms with E-state index in [0.717, 1.165) is 0 Å². The normalized spacial score (nSPS) is 15.5. The molecular formula is C12H10ClNO3. The Labute approximate surface area is 103 Å². The van der Waals surface area contributed by atoms with Crippen LogP contribution in [0, 0.1) is 0 Å². The molecule has 0 atom stereocenters.